The Hall–Kier alpha value is -1.79. The van der Waals surface area contributed by atoms with E-state index in [1.807, 2.05) is 0 Å². The molecule has 0 bridgehead atoms. The average Bonchev–Trinajstić information content (AvgIpc) is 2.90. The second-order valence-corrected chi connectivity index (χ2v) is 7.34. The molecule has 128 valence electrons. The van der Waals surface area contributed by atoms with E-state index in [1.165, 1.54) is 5.56 Å². The van der Waals surface area contributed by atoms with Crippen molar-refractivity contribution in [2.24, 2.45) is 5.92 Å². The Kier molecular flexibility index (Phi) is 5.26. The normalized spacial score (nSPS) is 28.7. The molecule has 0 unspecified atom stereocenters. The van der Waals surface area contributed by atoms with Crippen molar-refractivity contribution in [2.75, 3.05) is 19.6 Å². The highest BCUT2D eigenvalue weighted by Gasteiger charge is 2.42. The van der Waals surface area contributed by atoms with Gasteiger partial charge in [-0.05, 0) is 51.8 Å². The molecule has 2 aliphatic heterocycles. The number of benzene rings is 1. The van der Waals surface area contributed by atoms with Crippen molar-refractivity contribution in [3.8, 4) is 12.3 Å². The third kappa shape index (κ3) is 3.35. The summed E-state index contributed by atoms with van der Waals surface area (Å²) in [7, 11) is 0. The van der Waals surface area contributed by atoms with Gasteiger partial charge in [0.05, 0.1) is 6.54 Å². The summed E-state index contributed by atoms with van der Waals surface area (Å²) in [5, 5.41) is 0. The number of hydrogen-bond acceptors (Lipinski definition) is 2. The lowest BCUT2D eigenvalue weighted by atomic mass is 9.91. The van der Waals surface area contributed by atoms with Crippen molar-refractivity contribution >= 4 is 5.91 Å². The maximum absolute atomic E-state index is 13.1. The van der Waals surface area contributed by atoms with Gasteiger partial charge in [0.15, 0.2) is 0 Å². The predicted octanol–water partition coefficient (Wildman–Crippen LogP) is 3.12. The van der Waals surface area contributed by atoms with Crippen molar-refractivity contribution in [3.63, 3.8) is 0 Å². The minimum atomic E-state index is 0.165. The summed E-state index contributed by atoms with van der Waals surface area (Å²) in [6.45, 7) is 7.00. The highest BCUT2D eigenvalue weighted by molar-refractivity contribution is 5.80. The average molecular weight is 324 g/mol. The van der Waals surface area contributed by atoms with E-state index in [2.05, 4.69) is 59.9 Å². The molecule has 2 fully saturated rings. The number of likely N-dealkylation sites (tertiary alicyclic amines) is 2. The highest BCUT2D eigenvalue weighted by Crippen LogP contribution is 2.38. The number of terminal acetylenes is 1. The van der Waals surface area contributed by atoms with Gasteiger partial charge in [-0.25, -0.2) is 0 Å². The lowest BCUT2D eigenvalue weighted by Crippen LogP contribution is -2.46. The molecule has 0 aromatic heterocycles. The SMILES string of the molecule is C#CCN1CCC(C(=O)N2[C@H](C)C[C@@H](c3ccccc3)[C@H]2C)CC1. The second-order valence-electron chi connectivity index (χ2n) is 7.34. The number of rotatable bonds is 3. The van der Waals surface area contributed by atoms with E-state index >= 15 is 0 Å². The van der Waals surface area contributed by atoms with Crippen LogP contribution in [0.3, 0.4) is 0 Å². The van der Waals surface area contributed by atoms with Crippen LogP contribution in [0, 0.1) is 18.3 Å². The Labute approximate surface area is 146 Å². The number of carbonyl (C=O) groups is 1. The van der Waals surface area contributed by atoms with Crippen LogP contribution in [-0.2, 0) is 4.79 Å². The van der Waals surface area contributed by atoms with Crippen molar-refractivity contribution in [1.29, 1.82) is 0 Å². The first-order chi connectivity index (χ1) is 11.6. The summed E-state index contributed by atoms with van der Waals surface area (Å²) in [5.41, 5.74) is 1.36. The van der Waals surface area contributed by atoms with Crippen LogP contribution in [-0.4, -0.2) is 47.4 Å². The monoisotopic (exact) mass is 324 g/mol. The Morgan fingerprint density at radius 3 is 2.50 bits per heavy atom. The van der Waals surface area contributed by atoms with Gasteiger partial charge in [0.25, 0.3) is 0 Å². The van der Waals surface area contributed by atoms with Crippen LogP contribution in [0.15, 0.2) is 30.3 Å². The van der Waals surface area contributed by atoms with Crippen molar-refractivity contribution in [2.45, 2.75) is 51.1 Å². The fourth-order valence-electron chi connectivity index (χ4n) is 4.48. The van der Waals surface area contributed by atoms with Crippen LogP contribution in [0.25, 0.3) is 0 Å². The maximum atomic E-state index is 13.1. The van der Waals surface area contributed by atoms with Gasteiger partial charge < -0.3 is 4.90 Å². The van der Waals surface area contributed by atoms with E-state index in [1.54, 1.807) is 0 Å². The van der Waals surface area contributed by atoms with Crippen molar-refractivity contribution in [3.05, 3.63) is 35.9 Å². The van der Waals surface area contributed by atoms with Gasteiger partial charge in [-0.15, -0.1) is 6.42 Å². The third-order valence-electron chi connectivity index (χ3n) is 5.82. The van der Waals surface area contributed by atoms with Gasteiger partial charge in [0, 0.05) is 23.9 Å². The van der Waals surface area contributed by atoms with Crippen LogP contribution in [0.4, 0.5) is 0 Å². The van der Waals surface area contributed by atoms with Gasteiger partial charge in [-0.3, -0.25) is 9.69 Å². The third-order valence-corrected chi connectivity index (χ3v) is 5.82. The number of hydrogen-bond donors (Lipinski definition) is 0. The molecule has 1 aromatic rings. The molecule has 2 saturated heterocycles. The lowest BCUT2D eigenvalue weighted by Gasteiger charge is -2.35. The topological polar surface area (TPSA) is 23.6 Å². The molecule has 3 atom stereocenters. The molecule has 0 spiro atoms. The molecule has 0 saturated carbocycles. The van der Waals surface area contributed by atoms with Gasteiger partial charge >= 0.3 is 0 Å². The molecule has 0 radical (unpaired) electrons. The summed E-state index contributed by atoms with van der Waals surface area (Å²) < 4.78 is 0. The highest BCUT2D eigenvalue weighted by atomic mass is 16.2. The summed E-state index contributed by atoms with van der Waals surface area (Å²) in [4.78, 5) is 17.6. The van der Waals surface area contributed by atoms with Crippen LogP contribution < -0.4 is 0 Å². The minimum absolute atomic E-state index is 0.165. The van der Waals surface area contributed by atoms with E-state index in [-0.39, 0.29) is 12.0 Å². The smallest absolute Gasteiger partial charge is 0.226 e. The Bertz CT molecular complexity index is 598. The fraction of sp³-hybridized carbons (Fsp3) is 0.571. The van der Waals surface area contributed by atoms with Crippen LogP contribution in [0.1, 0.15) is 44.6 Å². The molecular formula is C21H28N2O. The first-order valence-corrected chi connectivity index (χ1v) is 9.14. The van der Waals surface area contributed by atoms with E-state index in [0.29, 0.717) is 24.4 Å². The summed E-state index contributed by atoms with van der Waals surface area (Å²) >= 11 is 0. The number of carbonyl (C=O) groups excluding carboxylic acids is 1. The Morgan fingerprint density at radius 2 is 1.88 bits per heavy atom. The summed E-state index contributed by atoms with van der Waals surface area (Å²) in [5.74, 6) is 3.68. The molecular weight excluding hydrogens is 296 g/mol. The van der Waals surface area contributed by atoms with E-state index in [9.17, 15) is 4.79 Å². The molecule has 1 amide bonds. The molecule has 2 heterocycles. The largest absolute Gasteiger partial charge is 0.336 e. The fourth-order valence-corrected chi connectivity index (χ4v) is 4.48. The van der Waals surface area contributed by atoms with E-state index in [4.69, 9.17) is 6.42 Å². The molecule has 1 aromatic carbocycles. The molecule has 0 aliphatic carbocycles. The van der Waals surface area contributed by atoms with Crippen molar-refractivity contribution in [1.82, 2.24) is 9.80 Å². The zero-order chi connectivity index (χ0) is 17.1. The van der Waals surface area contributed by atoms with Crippen molar-refractivity contribution < 1.29 is 4.79 Å². The molecule has 2 aliphatic rings. The predicted molar refractivity (Wildman–Crippen MR) is 97.6 cm³/mol. The van der Waals surface area contributed by atoms with Crippen LogP contribution >= 0.6 is 0 Å². The Morgan fingerprint density at radius 1 is 1.21 bits per heavy atom. The Balaban J connectivity index is 1.66. The number of piperidine rings is 1. The van der Waals surface area contributed by atoms with Gasteiger partial charge in [0.2, 0.25) is 5.91 Å². The molecule has 24 heavy (non-hydrogen) atoms. The van der Waals surface area contributed by atoms with Gasteiger partial charge in [0.1, 0.15) is 0 Å². The quantitative estimate of drug-likeness (QED) is 0.798. The summed E-state index contributed by atoms with van der Waals surface area (Å²) in [6, 6.07) is 11.2. The maximum Gasteiger partial charge on any atom is 0.226 e. The zero-order valence-corrected chi connectivity index (χ0v) is 14.8. The first kappa shape index (κ1) is 17.0. The molecule has 3 heteroatoms. The van der Waals surface area contributed by atoms with E-state index < -0.39 is 0 Å². The molecule has 0 N–H and O–H groups in total. The van der Waals surface area contributed by atoms with Gasteiger partial charge in [-0.1, -0.05) is 36.3 Å². The standard InChI is InChI=1S/C21H28N2O/c1-4-12-22-13-10-19(11-14-22)21(24)23-16(2)15-20(17(23)3)18-8-6-5-7-9-18/h1,5-9,16-17,19-20H,10-15H2,2-3H3/t16-,17-,20-/m1/s1. The number of amides is 1. The first-order valence-electron chi connectivity index (χ1n) is 9.14. The number of nitrogens with zero attached hydrogens (tertiary/aromatic N) is 2. The second kappa shape index (κ2) is 7.40. The zero-order valence-electron chi connectivity index (χ0n) is 14.8. The lowest BCUT2D eigenvalue weighted by molar-refractivity contribution is -0.139. The minimum Gasteiger partial charge on any atom is -0.336 e. The van der Waals surface area contributed by atoms with E-state index in [0.717, 1.165) is 32.4 Å². The van der Waals surface area contributed by atoms with Crippen LogP contribution in [0.2, 0.25) is 0 Å². The summed E-state index contributed by atoms with van der Waals surface area (Å²) in [6.07, 6.45) is 8.33. The molecule has 3 nitrogen and oxygen atoms in total. The van der Waals surface area contributed by atoms with Gasteiger partial charge in [-0.2, -0.15) is 0 Å². The molecule has 3 rings (SSSR count). The van der Waals surface area contributed by atoms with Crippen LogP contribution in [0.5, 0.6) is 0 Å².